The maximum atomic E-state index is 12.8. The number of ether oxygens (including phenoxy) is 1. The van der Waals surface area contributed by atoms with Gasteiger partial charge in [-0.15, -0.1) is 11.8 Å². The van der Waals surface area contributed by atoms with E-state index in [2.05, 4.69) is 0 Å². The standard InChI is InChI=1S/C18H16F3NO2S/c1-24-15-4-2-3-13(11-15)16(23)22-9-10-25-17(22)12-5-7-14(8-6-12)18(19,20)21/h2-8,11,17H,9-10H2,1H3. The number of carbonyl (C=O) groups is 1. The van der Waals surface area contributed by atoms with Crippen molar-refractivity contribution >= 4 is 17.7 Å². The zero-order valence-corrected chi connectivity index (χ0v) is 14.2. The summed E-state index contributed by atoms with van der Waals surface area (Å²) in [7, 11) is 1.53. The van der Waals surface area contributed by atoms with E-state index in [1.165, 1.54) is 19.2 Å². The van der Waals surface area contributed by atoms with Crippen LogP contribution in [0.4, 0.5) is 13.2 Å². The monoisotopic (exact) mass is 367 g/mol. The van der Waals surface area contributed by atoms with Crippen molar-refractivity contribution in [3.05, 3.63) is 65.2 Å². The molecule has 0 radical (unpaired) electrons. The van der Waals surface area contributed by atoms with Gasteiger partial charge in [-0.25, -0.2) is 0 Å². The lowest BCUT2D eigenvalue weighted by atomic mass is 10.1. The molecule has 0 spiro atoms. The summed E-state index contributed by atoms with van der Waals surface area (Å²) in [5.74, 6) is 1.17. The van der Waals surface area contributed by atoms with Gasteiger partial charge in [0.05, 0.1) is 12.7 Å². The molecule has 132 valence electrons. The quantitative estimate of drug-likeness (QED) is 0.794. The minimum absolute atomic E-state index is 0.159. The Morgan fingerprint density at radius 3 is 2.56 bits per heavy atom. The number of rotatable bonds is 3. The van der Waals surface area contributed by atoms with E-state index in [1.807, 2.05) is 0 Å². The lowest BCUT2D eigenvalue weighted by Gasteiger charge is -2.24. The maximum Gasteiger partial charge on any atom is 0.416 e. The molecule has 25 heavy (non-hydrogen) atoms. The fourth-order valence-electron chi connectivity index (χ4n) is 2.71. The summed E-state index contributed by atoms with van der Waals surface area (Å²) in [5, 5.41) is -0.291. The summed E-state index contributed by atoms with van der Waals surface area (Å²) < 4.78 is 43.3. The smallest absolute Gasteiger partial charge is 0.416 e. The highest BCUT2D eigenvalue weighted by Gasteiger charge is 2.33. The number of methoxy groups -OCH3 is 1. The molecule has 0 aromatic heterocycles. The molecule has 1 aliphatic rings. The van der Waals surface area contributed by atoms with Crippen LogP contribution in [0.15, 0.2) is 48.5 Å². The van der Waals surface area contributed by atoms with Crippen LogP contribution in [0.5, 0.6) is 5.75 Å². The van der Waals surface area contributed by atoms with E-state index >= 15 is 0 Å². The molecule has 1 saturated heterocycles. The molecule has 0 saturated carbocycles. The van der Waals surface area contributed by atoms with Crippen LogP contribution in [0.25, 0.3) is 0 Å². The first-order valence-electron chi connectivity index (χ1n) is 7.64. The molecule has 1 unspecified atom stereocenters. The van der Waals surface area contributed by atoms with Crippen molar-refractivity contribution in [2.45, 2.75) is 11.6 Å². The van der Waals surface area contributed by atoms with Crippen molar-refractivity contribution in [3.63, 3.8) is 0 Å². The summed E-state index contributed by atoms with van der Waals surface area (Å²) in [6.07, 6.45) is -4.36. The summed E-state index contributed by atoms with van der Waals surface area (Å²) in [4.78, 5) is 14.5. The Morgan fingerprint density at radius 2 is 1.92 bits per heavy atom. The van der Waals surface area contributed by atoms with E-state index in [1.54, 1.807) is 40.9 Å². The van der Waals surface area contributed by atoms with E-state index < -0.39 is 11.7 Å². The van der Waals surface area contributed by atoms with E-state index in [4.69, 9.17) is 4.74 Å². The zero-order valence-electron chi connectivity index (χ0n) is 13.4. The van der Waals surface area contributed by atoms with Gasteiger partial charge in [0.1, 0.15) is 11.1 Å². The molecule has 2 aromatic carbocycles. The van der Waals surface area contributed by atoms with Crippen molar-refractivity contribution in [1.29, 1.82) is 0 Å². The molecule has 0 aliphatic carbocycles. The Kier molecular flexibility index (Phi) is 4.94. The van der Waals surface area contributed by atoms with Gasteiger partial charge in [-0.2, -0.15) is 13.2 Å². The maximum absolute atomic E-state index is 12.8. The predicted octanol–water partition coefficient (Wildman–Crippen LogP) is 4.60. The van der Waals surface area contributed by atoms with Crippen molar-refractivity contribution in [3.8, 4) is 5.75 Å². The van der Waals surface area contributed by atoms with Gasteiger partial charge in [0.25, 0.3) is 5.91 Å². The molecule has 1 aliphatic heterocycles. The van der Waals surface area contributed by atoms with Crippen molar-refractivity contribution < 1.29 is 22.7 Å². The molecule has 1 heterocycles. The van der Waals surface area contributed by atoms with Crippen LogP contribution < -0.4 is 4.74 Å². The summed E-state index contributed by atoms with van der Waals surface area (Å²) in [5.41, 5.74) is 0.496. The number of thioether (sulfide) groups is 1. The lowest BCUT2D eigenvalue weighted by molar-refractivity contribution is -0.137. The third-order valence-corrected chi connectivity index (χ3v) is 5.25. The van der Waals surface area contributed by atoms with E-state index in [-0.39, 0.29) is 11.3 Å². The zero-order chi connectivity index (χ0) is 18.0. The second kappa shape index (κ2) is 7.00. The third kappa shape index (κ3) is 3.76. The van der Waals surface area contributed by atoms with Crippen LogP contribution in [-0.4, -0.2) is 30.2 Å². The minimum atomic E-state index is -4.36. The van der Waals surface area contributed by atoms with Gasteiger partial charge in [0.2, 0.25) is 0 Å². The van der Waals surface area contributed by atoms with Gasteiger partial charge >= 0.3 is 6.18 Å². The van der Waals surface area contributed by atoms with Crippen molar-refractivity contribution in [1.82, 2.24) is 4.90 Å². The minimum Gasteiger partial charge on any atom is -0.497 e. The Balaban J connectivity index is 1.83. The van der Waals surface area contributed by atoms with Gasteiger partial charge < -0.3 is 9.64 Å². The normalized spacial score (nSPS) is 17.6. The number of alkyl halides is 3. The Labute approximate surface area is 147 Å². The number of carbonyl (C=O) groups excluding carboxylic acids is 1. The molecular formula is C18H16F3NO2S. The molecule has 1 amide bonds. The molecule has 1 fully saturated rings. The SMILES string of the molecule is COc1cccc(C(=O)N2CCSC2c2ccc(C(F)(F)F)cc2)c1. The number of nitrogens with zero attached hydrogens (tertiary/aromatic N) is 1. The fraction of sp³-hybridized carbons (Fsp3) is 0.278. The number of hydrogen-bond donors (Lipinski definition) is 0. The number of halogens is 3. The summed E-state index contributed by atoms with van der Waals surface area (Å²) >= 11 is 1.54. The first-order chi connectivity index (χ1) is 11.9. The average Bonchev–Trinajstić information content (AvgIpc) is 3.10. The van der Waals surface area contributed by atoms with Crippen LogP contribution in [0, 0.1) is 0 Å². The van der Waals surface area contributed by atoms with Crippen molar-refractivity contribution in [2.24, 2.45) is 0 Å². The van der Waals surface area contributed by atoms with Crippen LogP contribution in [0.3, 0.4) is 0 Å². The second-order valence-electron chi connectivity index (χ2n) is 5.57. The largest absolute Gasteiger partial charge is 0.497 e. The van der Waals surface area contributed by atoms with E-state index in [0.29, 0.717) is 23.4 Å². The van der Waals surface area contributed by atoms with E-state index in [9.17, 15) is 18.0 Å². The van der Waals surface area contributed by atoms with Gasteiger partial charge in [-0.05, 0) is 35.9 Å². The van der Waals surface area contributed by atoms with Gasteiger partial charge in [0, 0.05) is 17.9 Å². The summed E-state index contributed by atoms with van der Waals surface area (Å²) in [6, 6.07) is 11.9. The van der Waals surface area contributed by atoms with Gasteiger partial charge in [-0.3, -0.25) is 4.79 Å². The molecule has 2 aromatic rings. The predicted molar refractivity (Wildman–Crippen MR) is 90.7 cm³/mol. The Bertz CT molecular complexity index is 762. The first-order valence-corrected chi connectivity index (χ1v) is 8.69. The highest BCUT2D eigenvalue weighted by atomic mass is 32.2. The third-order valence-electron chi connectivity index (χ3n) is 3.99. The molecular weight excluding hydrogens is 351 g/mol. The highest BCUT2D eigenvalue weighted by Crippen LogP contribution is 2.40. The Hall–Kier alpha value is -2.15. The molecule has 3 rings (SSSR count). The number of amides is 1. The molecule has 1 atom stereocenters. The van der Waals surface area contributed by atoms with Gasteiger partial charge in [0.15, 0.2) is 0 Å². The molecule has 0 bridgehead atoms. The topological polar surface area (TPSA) is 29.5 Å². The van der Waals surface area contributed by atoms with Crippen LogP contribution in [-0.2, 0) is 6.18 Å². The summed E-state index contributed by atoms with van der Waals surface area (Å²) in [6.45, 7) is 0.548. The Morgan fingerprint density at radius 1 is 1.20 bits per heavy atom. The van der Waals surface area contributed by atoms with Crippen molar-refractivity contribution in [2.75, 3.05) is 19.4 Å². The highest BCUT2D eigenvalue weighted by molar-refractivity contribution is 7.99. The first kappa shape index (κ1) is 17.7. The average molecular weight is 367 g/mol. The van der Waals surface area contributed by atoms with E-state index in [0.717, 1.165) is 17.9 Å². The molecule has 7 heteroatoms. The number of hydrogen-bond acceptors (Lipinski definition) is 3. The fourth-order valence-corrected chi connectivity index (χ4v) is 3.97. The number of benzene rings is 2. The second-order valence-corrected chi connectivity index (χ2v) is 6.76. The van der Waals surface area contributed by atoms with Gasteiger partial charge in [-0.1, -0.05) is 18.2 Å². The molecule has 0 N–H and O–H groups in total. The van der Waals surface area contributed by atoms with Crippen LogP contribution in [0.2, 0.25) is 0 Å². The van der Waals surface area contributed by atoms with Crippen LogP contribution >= 0.6 is 11.8 Å². The lowest BCUT2D eigenvalue weighted by Crippen LogP contribution is -2.30. The van der Waals surface area contributed by atoms with Crippen LogP contribution in [0.1, 0.15) is 26.9 Å². The molecule has 3 nitrogen and oxygen atoms in total.